The van der Waals surface area contributed by atoms with Crippen LogP contribution in [0.1, 0.15) is 17.0 Å². The van der Waals surface area contributed by atoms with Crippen molar-refractivity contribution in [2.75, 3.05) is 5.43 Å². The summed E-state index contributed by atoms with van der Waals surface area (Å²) in [6.07, 6.45) is 3.66. The van der Waals surface area contributed by atoms with E-state index in [2.05, 4.69) is 47.1 Å². The quantitative estimate of drug-likeness (QED) is 0.825. The molecule has 0 bridgehead atoms. The summed E-state index contributed by atoms with van der Waals surface area (Å²) >= 11 is 0. The summed E-state index contributed by atoms with van der Waals surface area (Å²) in [4.78, 5) is 4.08. The second-order valence-corrected chi connectivity index (χ2v) is 3.65. The third-order valence-electron chi connectivity index (χ3n) is 2.44. The van der Waals surface area contributed by atoms with Crippen LogP contribution in [0.3, 0.4) is 0 Å². The molecule has 78 valence electrons. The molecule has 0 aromatic carbocycles. The van der Waals surface area contributed by atoms with Gasteiger partial charge in [0.15, 0.2) is 0 Å². The lowest BCUT2D eigenvalue weighted by atomic mass is 10.3. The Morgan fingerprint density at radius 3 is 2.53 bits per heavy atom. The number of hydrogen-bond acceptors (Lipinski definition) is 2. The fraction of sp³-hybridized carbons (Fsp3) is 0.250. The van der Waals surface area contributed by atoms with Gasteiger partial charge in [0.25, 0.3) is 0 Å². The first-order valence-corrected chi connectivity index (χ1v) is 5.05. The lowest BCUT2D eigenvalue weighted by Gasteiger charge is -2.12. The predicted molar refractivity (Wildman–Crippen MR) is 61.2 cm³/mol. The molecule has 0 radical (unpaired) electrons. The summed E-state index contributed by atoms with van der Waals surface area (Å²) in [6.45, 7) is 4.97. The Hall–Kier alpha value is -1.77. The van der Waals surface area contributed by atoms with Gasteiger partial charge in [-0.25, -0.2) is 0 Å². The van der Waals surface area contributed by atoms with E-state index in [0.29, 0.717) is 0 Å². The van der Waals surface area contributed by atoms with Crippen LogP contribution < -0.4 is 5.43 Å². The van der Waals surface area contributed by atoms with Crippen molar-refractivity contribution in [1.82, 2.24) is 9.66 Å². The molecule has 2 heterocycles. The second kappa shape index (κ2) is 4.17. The Bertz CT molecular complexity index is 412. The highest BCUT2D eigenvalue weighted by atomic mass is 15.4. The molecule has 3 heteroatoms. The first-order chi connectivity index (χ1) is 7.27. The van der Waals surface area contributed by atoms with Crippen molar-refractivity contribution < 1.29 is 0 Å². The minimum atomic E-state index is 0.796. The third-order valence-corrected chi connectivity index (χ3v) is 2.44. The van der Waals surface area contributed by atoms with Crippen LogP contribution in [-0.2, 0) is 6.54 Å². The maximum atomic E-state index is 4.08. The molecule has 0 amide bonds. The first-order valence-electron chi connectivity index (χ1n) is 5.05. The molecule has 0 aliphatic carbocycles. The lowest BCUT2D eigenvalue weighted by molar-refractivity contribution is 0.790. The third kappa shape index (κ3) is 2.18. The minimum absolute atomic E-state index is 0.796. The van der Waals surface area contributed by atoms with Crippen LogP contribution in [0.15, 0.2) is 36.7 Å². The van der Waals surface area contributed by atoms with Crippen LogP contribution >= 0.6 is 0 Å². The van der Waals surface area contributed by atoms with Gasteiger partial charge in [0, 0.05) is 23.8 Å². The van der Waals surface area contributed by atoms with Crippen molar-refractivity contribution in [2.45, 2.75) is 20.4 Å². The Labute approximate surface area is 89.7 Å². The molecule has 3 nitrogen and oxygen atoms in total. The van der Waals surface area contributed by atoms with Crippen LogP contribution in [0.25, 0.3) is 0 Å². The van der Waals surface area contributed by atoms with Gasteiger partial charge in [-0.2, -0.15) is 0 Å². The molecule has 1 N–H and O–H groups in total. The van der Waals surface area contributed by atoms with E-state index in [1.807, 2.05) is 12.3 Å². The van der Waals surface area contributed by atoms with Crippen molar-refractivity contribution in [3.63, 3.8) is 0 Å². The summed E-state index contributed by atoms with van der Waals surface area (Å²) < 4.78 is 2.09. The summed E-state index contributed by atoms with van der Waals surface area (Å²) in [7, 11) is 0. The zero-order chi connectivity index (χ0) is 10.7. The van der Waals surface area contributed by atoms with Gasteiger partial charge in [0.05, 0.1) is 6.54 Å². The molecule has 0 spiro atoms. The highest BCUT2D eigenvalue weighted by Crippen LogP contribution is 2.05. The molecule has 2 aromatic heterocycles. The molecule has 0 aliphatic rings. The largest absolute Gasteiger partial charge is 0.321 e. The molecule has 0 fully saturated rings. The maximum Gasteiger partial charge on any atom is 0.0579 e. The number of nitrogens with one attached hydrogen (secondary N) is 1. The van der Waals surface area contributed by atoms with Crippen LogP contribution in [0.4, 0.5) is 0 Å². The van der Waals surface area contributed by atoms with Gasteiger partial charge >= 0.3 is 0 Å². The van der Waals surface area contributed by atoms with E-state index in [1.54, 1.807) is 6.20 Å². The topological polar surface area (TPSA) is 29.9 Å². The van der Waals surface area contributed by atoms with E-state index in [4.69, 9.17) is 0 Å². The summed E-state index contributed by atoms with van der Waals surface area (Å²) in [5.41, 5.74) is 6.98. The van der Waals surface area contributed by atoms with Gasteiger partial charge in [-0.1, -0.05) is 6.07 Å². The summed E-state index contributed by atoms with van der Waals surface area (Å²) in [5.74, 6) is 0. The van der Waals surface area contributed by atoms with Crippen LogP contribution in [0.5, 0.6) is 0 Å². The smallest absolute Gasteiger partial charge is 0.0579 e. The number of nitrogens with zero attached hydrogens (tertiary/aromatic N) is 2. The number of hydrogen-bond donors (Lipinski definition) is 1. The molecular formula is C12H15N3. The average Bonchev–Trinajstić information content (AvgIpc) is 2.58. The molecule has 2 aromatic rings. The second-order valence-electron chi connectivity index (χ2n) is 3.65. The molecule has 0 saturated heterocycles. The molecule has 0 saturated carbocycles. The van der Waals surface area contributed by atoms with E-state index in [9.17, 15) is 0 Å². The van der Waals surface area contributed by atoms with Gasteiger partial charge in [0.2, 0.25) is 0 Å². The zero-order valence-corrected chi connectivity index (χ0v) is 9.07. The predicted octanol–water partition coefficient (Wildman–Crippen LogP) is 2.24. The Balaban J connectivity index is 2.05. The minimum Gasteiger partial charge on any atom is -0.321 e. The number of aromatic nitrogens is 2. The SMILES string of the molecule is Cc1ccc(C)n1NCc1cccnc1. The van der Waals surface area contributed by atoms with E-state index in [1.165, 1.54) is 17.0 Å². The van der Waals surface area contributed by atoms with Gasteiger partial charge in [-0.15, -0.1) is 0 Å². The van der Waals surface area contributed by atoms with Gasteiger partial charge in [-0.3, -0.25) is 9.66 Å². The monoisotopic (exact) mass is 201 g/mol. The van der Waals surface area contributed by atoms with Gasteiger partial charge in [0.1, 0.15) is 0 Å². The average molecular weight is 201 g/mol. The van der Waals surface area contributed by atoms with E-state index in [-0.39, 0.29) is 0 Å². The van der Waals surface area contributed by atoms with Crippen molar-refractivity contribution in [3.05, 3.63) is 53.6 Å². The number of pyridine rings is 1. The number of rotatable bonds is 3. The highest BCUT2D eigenvalue weighted by Gasteiger charge is 1.99. The molecular weight excluding hydrogens is 186 g/mol. The Kier molecular flexibility index (Phi) is 2.72. The van der Waals surface area contributed by atoms with Crippen molar-refractivity contribution in [3.8, 4) is 0 Å². The van der Waals surface area contributed by atoms with Gasteiger partial charge in [-0.05, 0) is 37.6 Å². The number of aryl methyl sites for hydroxylation is 2. The van der Waals surface area contributed by atoms with Crippen molar-refractivity contribution in [1.29, 1.82) is 0 Å². The molecule has 2 rings (SSSR count). The van der Waals surface area contributed by atoms with Crippen LogP contribution in [0.2, 0.25) is 0 Å². The molecule has 15 heavy (non-hydrogen) atoms. The molecule has 0 aliphatic heterocycles. The standard InChI is InChI=1S/C12H15N3/c1-10-5-6-11(2)15(10)14-9-12-4-3-7-13-8-12/h3-8,14H,9H2,1-2H3. The maximum absolute atomic E-state index is 4.08. The van der Waals surface area contributed by atoms with E-state index >= 15 is 0 Å². The van der Waals surface area contributed by atoms with E-state index in [0.717, 1.165) is 6.54 Å². The van der Waals surface area contributed by atoms with Crippen molar-refractivity contribution in [2.24, 2.45) is 0 Å². The lowest BCUT2D eigenvalue weighted by Crippen LogP contribution is -2.16. The Morgan fingerprint density at radius 1 is 1.20 bits per heavy atom. The fourth-order valence-electron chi connectivity index (χ4n) is 1.59. The molecule has 0 unspecified atom stereocenters. The van der Waals surface area contributed by atoms with E-state index < -0.39 is 0 Å². The van der Waals surface area contributed by atoms with Crippen LogP contribution in [-0.4, -0.2) is 9.66 Å². The van der Waals surface area contributed by atoms with Crippen molar-refractivity contribution >= 4 is 0 Å². The summed E-state index contributed by atoms with van der Waals surface area (Å²) in [6, 6.07) is 8.22. The van der Waals surface area contributed by atoms with Crippen LogP contribution in [0, 0.1) is 13.8 Å². The normalized spacial score (nSPS) is 10.3. The zero-order valence-electron chi connectivity index (χ0n) is 9.07. The van der Waals surface area contributed by atoms with Gasteiger partial charge < -0.3 is 5.43 Å². The fourth-order valence-corrected chi connectivity index (χ4v) is 1.59. The molecule has 0 atom stereocenters. The Morgan fingerprint density at radius 2 is 1.93 bits per heavy atom. The summed E-state index contributed by atoms with van der Waals surface area (Å²) in [5, 5.41) is 0. The highest BCUT2D eigenvalue weighted by molar-refractivity contribution is 5.17. The first kappa shape index (κ1) is 9.77.